The van der Waals surface area contributed by atoms with Crippen molar-refractivity contribution in [2.24, 2.45) is 0 Å². The fraction of sp³-hybridized carbons (Fsp3) is 0.300. The number of aryl methyl sites for hydroxylation is 2. The Balaban J connectivity index is 0.000000292. The van der Waals surface area contributed by atoms with E-state index in [2.05, 4.69) is 34.2 Å². The van der Waals surface area contributed by atoms with E-state index < -0.39 is 0 Å². The van der Waals surface area contributed by atoms with Crippen molar-refractivity contribution < 1.29 is 0 Å². The van der Waals surface area contributed by atoms with Gasteiger partial charge in [0.05, 0.1) is 37.5 Å². The van der Waals surface area contributed by atoms with Crippen LogP contribution < -0.4 is 33.2 Å². The maximum absolute atomic E-state index is 8.35. The van der Waals surface area contributed by atoms with Crippen LogP contribution in [-0.2, 0) is 0 Å². The van der Waals surface area contributed by atoms with Crippen molar-refractivity contribution in [2.45, 2.75) is 40.0 Å². The minimum Gasteiger partial charge on any atom is -0.399 e. The summed E-state index contributed by atoms with van der Waals surface area (Å²) < 4.78 is 0. The lowest BCUT2D eigenvalue weighted by Gasteiger charge is -2.09. The van der Waals surface area contributed by atoms with Crippen molar-refractivity contribution in [1.82, 2.24) is 0 Å². The van der Waals surface area contributed by atoms with E-state index >= 15 is 0 Å². The summed E-state index contributed by atoms with van der Waals surface area (Å²) in [6.45, 7) is 7.94. The summed E-state index contributed by atoms with van der Waals surface area (Å²) in [6.07, 6.45) is 1.52. The molecule has 3 aromatic carbocycles. The third kappa shape index (κ3) is 12.6. The van der Waals surface area contributed by atoms with E-state index in [-0.39, 0.29) is 0 Å². The Morgan fingerprint density at radius 1 is 0.615 bits per heavy atom. The van der Waals surface area contributed by atoms with E-state index in [4.69, 9.17) is 33.0 Å². The molecule has 0 radical (unpaired) electrons. The van der Waals surface area contributed by atoms with Crippen LogP contribution in [0, 0.1) is 54.8 Å². The number of nitrogens with one attached hydrogen (secondary N) is 3. The highest BCUT2D eigenvalue weighted by molar-refractivity contribution is 5.63. The zero-order valence-electron chi connectivity index (χ0n) is 23.0. The van der Waals surface area contributed by atoms with Crippen molar-refractivity contribution >= 4 is 34.1 Å². The van der Waals surface area contributed by atoms with Crippen LogP contribution in [0.5, 0.6) is 0 Å². The lowest BCUT2D eigenvalue weighted by Crippen LogP contribution is -2.03. The summed E-state index contributed by atoms with van der Waals surface area (Å²) in [5.74, 6) is 0. The summed E-state index contributed by atoms with van der Waals surface area (Å²) in [5.41, 5.74) is 25.6. The summed E-state index contributed by atoms with van der Waals surface area (Å²) in [4.78, 5) is 0. The molecule has 39 heavy (non-hydrogen) atoms. The first kappa shape index (κ1) is 32.0. The monoisotopic (exact) mass is 525 g/mol. The molecular weight excluding hydrogens is 486 g/mol. The number of rotatable bonds is 9. The van der Waals surface area contributed by atoms with Crippen LogP contribution in [0.2, 0.25) is 0 Å². The predicted octanol–water partition coefficient (Wildman–Crippen LogP) is 5.71. The van der Waals surface area contributed by atoms with Gasteiger partial charge in [-0.25, -0.2) is 0 Å². The molecule has 3 aromatic rings. The Morgan fingerprint density at radius 2 is 1.18 bits per heavy atom. The lowest BCUT2D eigenvalue weighted by molar-refractivity contribution is 1.07. The first-order valence-corrected chi connectivity index (χ1v) is 12.6. The standard InChI is InChI=1S/3C10H13N3/c1-8-3-4-9(7-10(8)12)13-6-2-5-11;1-8-3-4-9(12)7-10(8)13-6-2-5-11;1-8-9(12)4-2-5-10(8)13-7-3-6-11/h2*3-4,7,13H,2,6,12H2,1H3;2,4-5,13H,3,7,12H2,1H3. The highest BCUT2D eigenvalue weighted by Crippen LogP contribution is 2.20. The van der Waals surface area contributed by atoms with Crippen LogP contribution >= 0.6 is 0 Å². The molecule has 0 aliphatic rings. The molecule has 0 aliphatic carbocycles. The van der Waals surface area contributed by atoms with Crippen LogP contribution in [0.15, 0.2) is 54.6 Å². The molecule has 9 heteroatoms. The van der Waals surface area contributed by atoms with Gasteiger partial charge in [-0.1, -0.05) is 18.2 Å². The fourth-order valence-electron chi connectivity index (χ4n) is 3.19. The highest BCUT2D eigenvalue weighted by Gasteiger charge is 1.99. The number of nitriles is 3. The van der Waals surface area contributed by atoms with Crippen LogP contribution in [0.1, 0.15) is 36.0 Å². The van der Waals surface area contributed by atoms with Gasteiger partial charge in [-0.15, -0.1) is 0 Å². The van der Waals surface area contributed by atoms with E-state index in [9.17, 15) is 0 Å². The molecule has 0 saturated carbocycles. The van der Waals surface area contributed by atoms with Gasteiger partial charge in [0.25, 0.3) is 0 Å². The summed E-state index contributed by atoms with van der Waals surface area (Å²) >= 11 is 0. The second-order valence-corrected chi connectivity index (χ2v) is 8.67. The zero-order valence-corrected chi connectivity index (χ0v) is 23.0. The van der Waals surface area contributed by atoms with Crippen LogP contribution in [0.4, 0.5) is 34.1 Å². The zero-order chi connectivity index (χ0) is 29.0. The molecule has 0 aromatic heterocycles. The number of anilines is 6. The third-order valence-corrected chi connectivity index (χ3v) is 5.59. The smallest absolute Gasteiger partial charge is 0.0640 e. The third-order valence-electron chi connectivity index (χ3n) is 5.59. The molecule has 0 spiro atoms. The first-order valence-electron chi connectivity index (χ1n) is 12.6. The Hall–Kier alpha value is -5.07. The fourth-order valence-corrected chi connectivity index (χ4v) is 3.19. The largest absolute Gasteiger partial charge is 0.399 e. The van der Waals surface area contributed by atoms with E-state index in [1.807, 2.05) is 75.4 Å². The van der Waals surface area contributed by atoms with E-state index in [0.717, 1.165) is 50.8 Å². The average Bonchev–Trinajstić information content (AvgIpc) is 2.92. The van der Waals surface area contributed by atoms with Crippen molar-refractivity contribution in [1.29, 1.82) is 15.8 Å². The number of benzene rings is 3. The SMILES string of the molecule is Cc1c(N)cccc1NCCC#N.Cc1ccc(N)cc1NCCC#N.Cc1ccc(NCCC#N)cc1N. The van der Waals surface area contributed by atoms with Gasteiger partial charge in [-0.05, 0) is 73.9 Å². The summed E-state index contributed by atoms with van der Waals surface area (Å²) in [7, 11) is 0. The Labute approximate surface area is 232 Å². The first-order chi connectivity index (χ1) is 18.7. The Bertz CT molecular complexity index is 1280. The van der Waals surface area contributed by atoms with Crippen molar-refractivity contribution in [3.63, 3.8) is 0 Å². The minimum absolute atomic E-state index is 0.508. The topological polar surface area (TPSA) is 186 Å². The maximum atomic E-state index is 8.35. The Kier molecular flexibility index (Phi) is 14.9. The normalized spacial score (nSPS) is 9.23. The van der Waals surface area contributed by atoms with Gasteiger partial charge >= 0.3 is 0 Å². The second-order valence-electron chi connectivity index (χ2n) is 8.67. The molecule has 0 unspecified atom stereocenters. The minimum atomic E-state index is 0.508. The molecule has 204 valence electrons. The molecule has 0 heterocycles. The van der Waals surface area contributed by atoms with E-state index in [0.29, 0.717) is 38.9 Å². The molecule has 9 nitrogen and oxygen atoms in total. The van der Waals surface area contributed by atoms with Crippen LogP contribution in [0.3, 0.4) is 0 Å². The van der Waals surface area contributed by atoms with Gasteiger partial charge in [0, 0.05) is 53.8 Å². The van der Waals surface area contributed by atoms with Gasteiger partial charge in [-0.2, -0.15) is 15.8 Å². The number of hydrogen-bond acceptors (Lipinski definition) is 9. The molecule has 0 fully saturated rings. The second kappa shape index (κ2) is 18.2. The predicted molar refractivity (Wildman–Crippen MR) is 163 cm³/mol. The molecule has 0 bridgehead atoms. The van der Waals surface area contributed by atoms with Crippen molar-refractivity contribution in [3.05, 3.63) is 71.3 Å². The van der Waals surface area contributed by atoms with Gasteiger partial charge in [0.1, 0.15) is 0 Å². The van der Waals surface area contributed by atoms with Crippen molar-refractivity contribution in [3.8, 4) is 18.2 Å². The number of nitrogens with zero attached hydrogens (tertiary/aromatic N) is 3. The van der Waals surface area contributed by atoms with Gasteiger partial charge in [-0.3, -0.25) is 0 Å². The van der Waals surface area contributed by atoms with Crippen molar-refractivity contribution in [2.75, 3.05) is 52.8 Å². The molecule has 3 rings (SSSR count). The Morgan fingerprint density at radius 3 is 1.77 bits per heavy atom. The van der Waals surface area contributed by atoms with E-state index in [1.165, 1.54) is 0 Å². The summed E-state index contributed by atoms with van der Waals surface area (Å²) in [5, 5.41) is 34.5. The molecular formula is C30H39N9. The number of nitrogen functional groups attached to an aromatic ring is 3. The molecule has 9 N–H and O–H groups in total. The van der Waals surface area contributed by atoms with Crippen LogP contribution in [0.25, 0.3) is 0 Å². The van der Waals surface area contributed by atoms with E-state index in [1.54, 1.807) is 0 Å². The van der Waals surface area contributed by atoms with Gasteiger partial charge in [0.2, 0.25) is 0 Å². The number of nitrogens with two attached hydrogens (primary N) is 3. The van der Waals surface area contributed by atoms with Gasteiger partial charge < -0.3 is 33.2 Å². The average molecular weight is 526 g/mol. The maximum Gasteiger partial charge on any atom is 0.0640 e. The quantitative estimate of drug-likeness (QED) is 0.150. The van der Waals surface area contributed by atoms with Gasteiger partial charge in [0.15, 0.2) is 0 Å². The molecule has 0 amide bonds. The number of hydrogen-bond donors (Lipinski definition) is 6. The molecule has 0 atom stereocenters. The molecule has 0 saturated heterocycles. The molecule has 0 aliphatic heterocycles. The summed E-state index contributed by atoms with van der Waals surface area (Å²) in [6, 6.07) is 23.5. The van der Waals surface area contributed by atoms with Crippen LogP contribution in [-0.4, -0.2) is 19.6 Å². The lowest BCUT2D eigenvalue weighted by atomic mass is 10.1. The highest BCUT2D eigenvalue weighted by atomic mass is 14.9.